The first kappa shape index (κ1) is 21.0. The fourth-order valence-electron chi connectivity index (χ4n) is 3.44. The number of rotatable bonds is 6. The van der Waals surface area contributed by atoms with E-state index >= 15 is 0 Å². The predicted molar refractivity (Wildman–Crippen MR) is 116 cm³/mol. The summed E-state index contributed by atoms with van der Waals surface area (Å²) in [6, 6.07) is 9.89. The third-order valence-corrected chi connectivity index (χ3v) is 5.26. The Morgan fingerprint density at radius 3 is 2.62 bits per heavy atom. The molecule has 0 bridgehead atoms. The van der Waals surface area contributed by atoms with Crippen LogP contribution in [0.2, 0.25) is 0 Å². The fraction of sp³-hybridized carbons (Fsp3) is 0.435. The minimum atomic E-state index is -1.11. The number of pyridine rings is 1. The van der Waals surface area contributed by atoms with Crippen molar-refractivity contribution in [3.05, 3.63) is 53.3 Å². The summed E-state index contributed by atoms with van der Waals surface area (Å²) in [7, 11) is 0. The van der Waals surface area contributed by atoms with E-state index in [2.05, 4.69) is 35.5 Å². The Bertz CT molecular complexity index is 921. The number of hydrogen-bond donors (Lipinski definition) is 2. The van der Waals surface area contributed by atoms with Crippen molar-refractivity contribution in [1.29, 1.82) is 0 Å². The van der Waals surface area contributed by atoms with Gasteiger partial charge in [-0.3, -0.25) is 14.6 Å². The van der Waals surface area contributed by atoms with Gasteiger partial charge in [-0.15, -0.1) is 0 Å². The third-order valence-electron chi connectivity index (χ3n) is 5.26. The maximum atomic E-state index is 13.1. The second kappa shape index (κ2) is 8.33. The summed E-state index contributed by atoms with van der Waals surface area (Å²) in [6.07, 6.45) is 1.79. The number of carbonyl (C=O) groups excluding carboxylic acids is 2. The van der Waals surface area contributed by atoms with Gasteiger partial charge in [0.05, 0.1) is 11.4 Å². The van der Waals surface area contributed by atoms with Crippen LogP contribution in [0.5, 0.6) is 0 Å². The highest BCUT2D eigenvalue weighted by atomic mass is 16.2. The third kappa shape index (κ3) is 4.48. The molecule has 1 aliphatic heterocycles. The Morgan fingerprint density at radius 2 is 1.93 bits per heavy atom. The average molecular weight is 395 g/mol. The van der Waals surface area contributed by atoms with Crippen molar-refractivity contribution < 1.29 is 9.59 Å². The van der Waals surface area contributed by atoms with Crippen LogP contribution in [0.4, 0.5) is 11.4 Å². The molecule has 0 fully saturated rings. The molecule has 29 heavy (non-hydrogen) atoms. The van der Waals surface area contributed by atoms with E-state index in [1.54, 1.807) is 24.9 Å². The maximum Gasteiger partial charge on any atom is 0.242 e. The number of amides is 2. The van der Waals surface area contributed by atoms with Gasteiger partial charge in [0.1, 0.15) is 5.41 Å². The number of nitrogens with one attached hydrogen (secondary N) is 2. The Labute approximate surface area is 172 Å². The molecule has 2 aromatic rings. The van der Waals surface area contributed by atoms with E-state index in [9.17, 15) is 9.59 Å². The predicted octanol–water partition coefficient (Wildman–Crippen LogP) is 3.65. The van der Waals surface area contributed by atoms with Crippen LogP contribution < -0.4 is 15.5 Å². The van der Waals surface area contributed by atoms with E-state index in [0.29, 0.717) is 31.2 Å². The van der Waals surface area contributed by atoms with E-state index in [1.807, 2.05) is 31.2 Å². The second-order valence-corrected chi connectivity index (χ2v) is 8.59. The number of carbonyl (C=O) groups is 2. The van der Waals surface area contributed by atoms with Crippen LogP contribution in [0, 0.1) is 18.3 Å². The minimum Gasteiger partial charge on any atom is -0.323 e. The lowest BCUT2D eigenvalue weighted by Gasteiger charge is -2.29. The summed E-state index contributed by atoms with van der Waals surface area (Å²) >= 11 is 0. The number of benzene rings is 1. The average Bonchev–Trinajstić information content (AvgIpc) is 2.73. The van der Waals surface area contributed by atoms with Crippen LogP contribution in [0.1, 0.15) is 44.5 Å². The van der Waals surface area contributed by atoms with Gasteiger partial charge in [-0.25, -0.2) is 0 Å². The van der Waals surface area contributed by atoms with Crippen molar-refractivity contribution in [2.24, 2.45) is 11.3 Å². The zero-order valence-corrected chi connectivity index (χ0v) is 17.9. The fourth-order valence-corrected chi connectivity index (χ4v) is 3.44. The van der Waals surface area contributed by atoms with Gasteiger partial charge in [0, 0.05) is 31.5 Å². The first-order valence-corrected chi connectivity index (χ1v) is 10.1. The minimum absolute atomic E-state index is 0.166. The molecule has 1 aliphatic rings. The van der Waals surface area contributed by atoms with Crippen molar-refractivity contribution in [2.45, 2.75) is 47.7 Å². The lowest BCUT2D eigenvalue weighted by Crippen LogP contribution is -2.46. The molecular weight excluding hydrogens is 364 g/mol. The molecule has 1 aromatic heterocycles. The quantitative estimate of drug-likeness (QED) is 0.734. The Kier molecular flexibility index (Phi) is 6.03. The molecule has 1 aromatic carbocycles. The summed E-state index contributed by atoms with van der Waals surface area (Å²) in [5, 5.41) is 6.39. The van der Waals surface area contributed by atoms with Crippen molar-refractivity contribution in [3.63, 3.8) is 0 Å². The number of hydrogen-bond acceptors (Lipinski definition) is 4. The smallest absolute Gasteiger partial charge is 0.242 e. The highest BCUT2D eigenvalue weighted by molar-refractivity contribution is 6.19. The highest BCUT2D eigenvalue weighted by Gasteiger charge is 2.43. The summed E-state index contributed by atoms with van der Waals surface area (Å²) in [4.78, 5) is 31.8. The maximum absolute atomic E-state index is 13.1. The van der Waals surface area contributed by atoms with E-state index in [1.165, 1.54) is 0 Å². The number of nitrogens with zero attached hydrogens (tertiary/aromatic N) is 2. The topological polar surface area (TPSA) is 74.3 Å². The number of anilines is 2. The van der Waals surface area contributed by atoms with Crippen molar-refractivity contribution in [2.75, 3.05) is 16.8 Å². The summed E-state index contributed by atoms with van der Waals surface area (Å²) < 4.78 is 0. The summed E-state index contributed by atoms with van der Waals surface area (Å²) in [6.45, 7) is 11.4. The van der Waals surface area contributed by atoms with Crippen molar-refractivity contribution in [3.8, 4) is 0 Å². The Morgan fingerprint density at radius 1 is 1.17 bits per heavy atom. The molecule has 2 amide bonds. The molecule has 0 atom stereocenters. The summed E-state index contributed by atoms with van der Waals surface area (Å²) in [5.41, 5.74) is 3.55. The lowest BCUT2D eigenvalue weighted by atomic mass is 9.90. The lowest BCUT2D eigenvalue weighted by molar-refractivity contribution is -0.136. The number of fused-ring (bicyclic) bond motifs is 1. The molecular formula is C23H30N4O2. The van der Waals surface area contributed by atoms with Gasteiger partial charge >= 0.3 is 0 Å². The molecule has 154 valence electrons. The van der Waals surface area contributed by atoms with E-state index in [4.69, 9.17) is 0 Å². The monoisotopic (exact) mass is 394 g/mol. The molecule has 3 rings (SSSR count). The summed E-state index contributed by atoms with van der Waals surface area (Å²) in [5.74, 6) is -0.147. The van der Waals surface area contributed by atoms with Gasteiger partial charge in [-0.2, -0.15) is 0 Å². The number of aromatic nitrogens is 1. The van der Waals surface area contributed by atoms with Crippen LogP contribution in [0.15, 0.2) is 36.5 Å². The zero-order valence-electron chi connectivity index (χ0n) is 17.9. The Balaban J connectivity index is 1.82. The van der Waals surface area contributed by atoms with E-state index in [0.717, 1.165) is 22.5 Å². The van der Waals surface area contributed by atoms with Gasteiger partial charge in [-0.05, 0) is 56.0 Å². The van der Waals surface area contributed by atoms with Crippen molar-refractivity contribution in [1.82, 2.24) is 10.3 Å². The molecule has 0 spiro atoms. The number of aryl methyl sites for hydroxylation is 1. The first-order chi connectivity index (χ1) is 13.7. The van der Waals surface area contributed by atoms with E-state index in [-0.39, 0.29) is 11.8 Å². The van der Waals surface area contributed by atoms with Gasteiger partial charge in [0.25, 0.3) is 0 Å². The molecule has 0 unspecified atom stereocenters. The normalized spacial score (nSPS) is 15.9. The molecule has 0 aliphatic carbocycles. The molecule has 0 saturated carbocycles. The largest absolute Gasteiger partial charge is 0.323 e. The Hall–Kier alpha value is -2.73. The standard InChI is InChI=1S/C23H30N4O2/c1-15(2)14-27-20-9-8-17(12-24-13-18-7-6-10-25-16(18)3)11-19(20)26-21(28)23(4,5)22(27)29/h6-11,15,24H,12-14H2,1-5H3,(H,26,28). The molecule has 2 N–H and O–H groups in total. The molecule has 0 saturated heterocycles. The van der Waals surface area contributed by atoms with Gasteiger partial charge in [0.2, 0.25) is 11.8 Å². The van der Waals surface area contributed by atoms with Crippen LogP contribution in [-0.4, -0.2) is 23.3 Å². The van der Waals surface area contributed by atoms with Crippen LogP contribution in [-0.2, 0) is 22.7 Å². The van der Waals surface area contributed by atoms with Crippen LogP contribution in [0.3, 0.4) is 0 Å². The molecule has 6 heteroatoms. The SMILES string of the molecule is Cc1ncccc1CNCc1ccc2c(c1)NC(=O)C(C)(C)C(=O)N2CC(C)C. The first-order valence-electron chi connectivity index (χ1n) is 10.1. The molecule has 2 heterocycles. The molecule has 6 nitrogen and oxygen atoms in total. The highest BCUT2D eigenvalue weighted by Crippen LogP contribution is 2.36. The van der Waals surface area contributed by atoms with Crippen LogP contribution in [0.25, 0.3) is 0 Å². The van der Waals surface area contributed by atoms with Gasteiger partial charge in [0.15, 0.2) is 0 Å². The van der Waals surface area contributed by atoms with Gasteiger partial charge in [-0.1, -0.05) is 26.0 Å². The van der Waals surface area contributed by atoms with E-state index < -0.39 is 5.41 Å². The molecule has 0 radical (unpaired) electrons. The van der Waals surface area contributed by atoms with Crippen LogP contribution >= 0.6 is 0 Å². The van der Waals surface area contributed by atoms with Crippen molar-refractivity contribution >= 4 is 23.2 Å². The van der Waals surface area contributed by atoms with Gasteiger partial charge < -0.3 is 15.5 Å². The second-order valence-electron chi connectivity index (χ2n) is 8.59. The zero-order chi connectivity index (χ0) is 21.2.